The molecule has 0 radical (unpaired) electrons. The topological polar surface area (TPSA) is 26.0 Å². The summed E-state index contributed by atoms with van der Waals surface area (Å²) in [6.45, 7) is 6.72. The predicted molar refractivity (Wildman–Crippen MR) is 85.8 cm³/mol. The molecule has 0 amide bonds. The van der Waals surface area contributed by atoms with Crippen molar-refractivity contribution in [3.8, 4) is 0 Å². The van der Waals surface area contributed by atoms with Gasteiger partial charge in [0.25, 0.3) is 0 Å². The number of rotatable bonds is 3. The zero-order valence-corrected chi connectivity index (χ0v) is 13.1. The van der Waals surface area contributed by atoms with Crippen molar-refractivity contribution in [3.63, 3.8) is 0 Å². The second-order valence-corrected chi connectivity index (χ2v) is 7.92. The van der Waals surface area contributed by atoms with E-state index in [2.05, 4.69) is 62.5 Å². The second-order valence-electron chi connectivity index (χ2n) is 5.15. The highest BCUT2D eigenvalue weighted by atomic mass is 32.2. The quantitative estimate of drug-likeness (QED) is 0.919. The molecule has 3 unspecified atom stereocenters. The van der Waals surface area contributed by atoms with Crippen molar-refractivity contribution in [2.24, 2.45) is 5.73 Å². The van der Waals surface area contributed by atoms with Crippen molar-refractivity contribution in [1.29, 1.82) is 0 Å². The summed E-state index contributed by atoms with van der Waals surface area (Å²) < 4.78 is 0. The lowest BCUT2D eigenvalue weighted by Gasteiger charge is -2.33. The fraction of sp³-hybridized carbons (Fsp3) is 0.600. The molecule has 1 nitrogen and oxygen atoms in total. The minimum Gasteiger partial charge on any atom is -0.326 e. The van der Waals surface area contributed by atoms with Gasteiger partial charge in [-0.25, -0.2) is 0 Å². The lowest BCUT2D eigenvalue weighted by atomic mass is 9.95. The van der Waals surface area contributed by atoms with Crippen molar-refractivity contribution >= 4 is 23.5 Å². The molecule has 100 valence electrons. The normalized spacial score (nSPS) is 26.0. The van der Waals surface area contributed by atoms with Gasteiger partial charge in [-0.1, -0.05) is 25.1 Å². The van der Waals surface area contributed by atoms with Gasteiger partial charge in [-0.2, -0.15) is 23.5 Å². The van der Waals surface area contributed by atoms with Crippen LogP contribution >= 0.6 is 23.5 Å². The molecule has 1 aromatic carbocycles. The predicted octanol–water partition coefficient (Wildman–Crippen LogP) is 3.41. The highest BCUT2D eigenvalue weighted by molar-refractivity contribution is 8.07. The Bertz CT molecular complexity index is 385. The van der Waals surface area contributed by atoms with Crippen molar-refractivity contribution < 1.29 is 0 Å². The van der Waals surface area contributed by atoms with E-state index in [0.29, 0.717) is 10.5 Å². The molecule has 1 aromatic rings. The molecular weight excluding hydrogens is 258 g/mol. The molecule has 1 saturated heterocycles. The number of nitrogens with two attached hydrogens (primary N) is 1. The molecule has 3 heteroatoms. The summed E-state index contributed by atoms with van der Waals surface area (Å²) in [7, 11) is 0. The van der Waals surface area contributed by atoms with Gasteiger partial charge in [0.05, 0.1) is 0 Å². The Morgan fingerprint density at radius 3 is 2.44 bits per heavy atom. The van der Waals surface area contributed by atoms with Crippen LogP contribution in [0.5, 0.6) is 0 Å². The van der Waals surface area contributed by atoms with E-state index in [1.165, 1.54) is 28.2 Å². The maximum Gasteiger partial charge on any atom is 0.0318 e. The average Bonchev–Trinajstić information content (AvgIpc) is 2.34. The smallest absolute Gasteiger partial charge is 0.0318 e. The monoisotopic (exact) mass is 281 g/mol. The molecule has 18 heavy (non-hydrogen) atoms. The molecule has 2 N–H and O–H groups in total. The Morgan fingerprint density at radius 1 is 1.22 bits per heavy atom. The largest absolute Gasteiger partial charge is 0.326 e. The second kappa shape index (κ2) is 6.36. The summed E-state index contributed by atoms with van der Waals surface area (Å²) in [5.74, 6) is 2.53. The minimum atomic E-state index is 0.276. The number of benzene rings is 1. The lowest BCUT2D eigenvalue weighted by Crippen LogP contribution is -2.42. The summed E-state index contributed by atoms with van der Waals surface area (Å²) in [5, 5.41) is 1.28. The van der Waals surface area contributed by atoms with Crippen LogP contribution in [0.15, 0.2) is 18.2 Å². The fourth-order valence-electron chi connectivity index (χ4n) is 2.64. The first-order valence-electron chi connectivity index (χ1n) is 6.63. The van der Waals surface area contributed by atoms with E-state index in [0.717, 1.165) is 6.42 Å². The molecule has 1 aliphatic heterocycles. The van der Waals surface area contributed by atoms with E-state index >= 15 is 0 Å². The van der Waals surface area contributed by atoms with Gasteiger partial charge in [0.1, 0.15) is 0 Å². The highest BCUT2D eigenvalue weighted by Crippen LogP contribution is 2.33. The van der Waals surface area contributed by atoms with Gasteiger partial charge in [0, 0.05) is 28.0 Å². The molecule has 0 aromatic heterocycles. The van der Waals surface area contributed by atoms with Gasteiger partial charge in [0.15, 0.2) is 0 Å². The molecule has 1 heterocycles. The molecule has 0 aliphatic carbocycles. The van der Waals surface area contributed by atoms with Crippen LogP contribution in [-0.2, 0) is 6.42 Å². The van der Waals surface area contributed by atoms with Crippen molar-refractivity contribution in [2.75, 3.05) is 11.5 Å². The maximum absolute atomic E-state index is 6.47. The van der Waals surface area contributed by atoms with Crippen molar-refractivity contribution in [3.05, 3.63) is 34.9 Å². The third-order valence-electron chi connectivity index (χ3n) is 3.74. The van der Waals surface area contributed by atoms with E-state index in [9.17, 15) is 0 Å². The lowest BCUT2D eigenvalue weighted by molar-refractivity contribution is 0.619. The number of hydrogen-bond acceptors (Lipinski definition) is 3. The average molecular weight is 281 g/mol. The summed E-state index contributed by atoms with van der Waals surface area (Å²) in [5.41, 5.74) is 10.7. The third kappa shape index (κ3) is 3.25. The van der Waals surface area contributed by atoms with Crippen LogP contribution in [-0.4, -0.2) is 28.0 Å². The molecular formula is C15H23NS2. The van der Waals surface area contributed by atoms with Gasteiger partial charge in [-0.3, -0.25) is 0 Å². The van der Waals surface area contributed by atoms with Gasteiger partial charge in [-0.05, 0) is 37.0 Å². The molecule has 1 aliphatic rings. The van der Waals surface area contributed by atoms with Crippen LogP contribution in [0.2, 0.25) is 0 Å². The molecule has 2 rings (SSSR count). The minimum absolute atomic E-state index is 0.276. The van der Waals surface area contributed by atoms with Crippen LogP contribution < -0.4 is 5.73 Å². The Hall–Kier alpha value is -0.120. The van der Waals surface area contributed by atoms with Gasteiger partial charge < -0.3 is 5.73 Å². The van der Waals surface area contributed by atoms with Crippen molar-refractivity contribution in [2.45, 2.75) is 43.7 Å². The van der Waals surface area contributed by atoms with E-state index in [1.54, 1.807) is 0 Å². The van der Waals surface area contributed by atoms with Gasteiger partial charge in [0.2, 0.25) is 0 Å². The molecule has 0 bridgehead atoms. The summed E-state index contributed by atoms with van der Waals surface area (Å²) in [4.78, 5) is 0. The summed E-state index contributed by atoms with van der Waals surface area (Å²) >= 11 is 4.14. The number of hydrogen-bond donors (Lipinski definition) is 1. The van der Waals surface area contributed by atoms with Gasteiger partial charge in [-0.15, -0.1) is 0 Å². The van der Waals surface area contributed by atoms with E-state index in [4.69, 9.17) is 5.73 Å². The maximum atomic E-state index is 6.47. The highest BCUT2D eigenvalue weighted by Gasteiger charge is 2.28. The Morgan fingerprint density at radius 2 is 1.83 bits per heavy atom. The molecule has 3 atom stereocenters. The van der Waals surface area contributed by atoms with Gasteiger partial charge >= 0.3 is 0 Å². The summed E-state index contributed by atoms with van der Waals surface area (Å²) in [6.07, 6.45) is 1.01. The third-order valence-corrected chi connectivity index (χ3v) is 7.02. The van der Waals surface area contributed by atoms with Crippen LogP contribution in [0.1, 0.15) is 23.6 Å². The summed E-state index contributed by atoms with van der Waals surface area (Å²) in [6, 6.07) is 6.80. The first kappa shape index (κ1) is 14.3. The number of thioether (sulfide) groups is 2. The first-order valence-corrected chi connectivity index (χ1v) is 8.73. The van der Waals surface area contributed by atoms with Crippen molar-refractivity contribution in [1.82, 2.24) is 0 Å². The molecule has 1 fully saturated rings. The number of aryl methyl sites for hydroxylation is 2. The van der Waals surface area contributed by atoms with Crippen LogP contribution in [0.3, 0.4) is 0 Å². The SMILES string of the molecule is Cc1cccc(C)c1CC(N)C1SCCSC1C. The van der Waals surface area contributed by atoms with Crippen LogP contribution in [0.25, 0.3) is 0 Å². The van der Waals surface area contributed by atoms with Crippen LogP contribution in [0.4, 0.5) is 0 Å². The van der Waals surface area contributed by atoms with E-state index in [-0.39, 0.29) is 6.04 Å². The Labute approximate surface area is 119 Å². The molecule has 0 saturated carbocycles. The van der Waals surface area contributed by atoms with Crippen LogP contribution in [0, 0.1) is 13.8 Å². The van der Waals surface area contributed by atoms with E-state index < -0.39 is 0 Å². The zero-order chi connectivity index (χ0) is 13.1. The first-order chi connectivity index (χ1) is 8.59. The fourth-order valence-corrected chi connectivity index (χ4v) is 5.53. The zero-order valence-electron chi connectivity index (χ0n) is 11.5. The standard InChI is InChI=1S/C15H23NS2/c1-10-5-4-6-11(2)13(10)9-14(16)15-12(3)17-7-8-18-15/h4-6,12,14-15H,7-9,16H2,1-3H3. The Kier molecular flexibility index (Phi) is 5.05. The Balaban J connectivity index is 2.08. The molecule has 0 spiro atoms. The van der Waals surface area contributed by atoms with E-state index in [1.807, 2.05) is 0 Å².